The van der Waals surface area contributed by atoms with Gasteiger partial charge in [-0.25, -0.2) is 4.98 Å². The van der Waals surface area contributed by atoms with E-state index in [0.29, 0.717) is 11.1 Å². The van der Waals surface area contributed by atoms with Gasteiger partial charge in [0.05, 0.1) is 11.1 Å². The average Bonchev–Trinajstić information content (AvgIpc) is 3.04. The van der Waals surface area contributed by atoms with Gasteiger partial charge < -0.3 is 4.42 Å². The Bertz CT molecular complexity index is 1350. The Labute approximate surface area is 156 Å². The Balaban J connectivity index is 2.05. The maximum Gasteiger partial charge on any atom is 0.163 e. The van der Waals surface area contributed by atoms with Crippen LogP contribution in [-0.2, 0) is 0 Å². The quantitative estimate of drug-likeness (QED) is 0.350. The van der Waals surface area contributed by atoms with Gasteiger partial charge in [-0.15, -0.1) is 0 Å². The van der Waals surface area contributed by atoms with E-state index >= 15 is 0 Å². The van der Waals surface area contributed by atoms with Gasteiger partial charge >= 0.3 is 0 Å². The van der Waals surface area contributed by atoms with Crippen LogP contribution in [0.25, 0.3) is 44.1 Å². The summed E-state index contributed by atoms with van der Waals surface area (Å²) in [6, 6.07) is 22.2. The number of ketones is 1. The molecular weight excluding hydrogens is 334 g/mol. The second kappa shape index (κ2) is 5.78. The van der Waals surface area contributed by atoms with Crippen LogP contribution in [0.5, 0.6) is 0 Å². The highest BCUT2D eigenvalue weighted by Crippen LogP contribution is 2.40. The first kappa shape index (κ1) is 15.8. The van der Waals surface area contributed by atoms with Gasteiger partial charge in [-0.3, -0.25) is 4.79 Å². The lowest BCUT2D eigenvalue weighted by molar-refractivity contribution is 0.101. The molecule has 0 saturated carbocycles. The summed E-state index contributed by atoms with van der Waals surface area (Å²) in [4.78, 5) is 17.1. The highest BCUT2D eigenvalue weighted by molar-refractivity contribution is 6.18. The van der Waals surface area contributed by atoms with Crippen molar-refractivity contribution in [1.29, 1.82) is 0 Å². The summed E-state index contributed by atoms with van der Waals surface area (Å²) in [5.41, 5.74) is 6.76. The molecule has 0 aliphatic carbocycles. The monoisotopic (exact) mass is 351 g/mol. The number of hydrogen-bond acceptors (Lipinski definition) is 3. The molecule has 0 radical (unpaired) electrons. The average molecular weight is 351 g/mol. The van der Waals surface area contributed by atoms with Gasteiger partial charge in [0.2, 0.25) is 0 Å². The van der Waals surface area contributed by atoms with Crippen molar-refractivity contribution in [1.82, 2.24) is 4.98 Å². The van der Waals surface area contributed by atoms with E-state index < -0.39 is 0 Å². The number of fused-ring (bicyclic) bond motifs is 4. The predicted octanol–water partition coefficient (Wildman–Crippen LogP) is 6.31. The van der Waals surface area contributed by atoms with Crippen LogP contribution in [0.1, 0.15) is 22.8 Å². The molecule has 27 heavy (non-hydrogen) atoms. The van der Waals surface area contributed by atoms with Crippen molar-refractivity contribution in [2.75, 3.05) is 0 Å². The van der Waals surface area contributed by atoms with Crippen LogP contribution in [0.4, 0.5) is 0 Å². The summed E-state index contributed by atoms with van der Waals surface area (Å²) in [6.45, 7) is 3.56. The maximum atomic E-state index is 12.2. The summed E-state index contributed by atoms with van der Waals surface area (Å²) >= 11 is 0. The molecule has 0 bridgehead atoms. The zero-order valence-corrected chi connectivity index (χ0v) is 15.1. The predicted molar refractivity (Wildman–Crippen MR) is 109 cm³/mol. The van der Waals surface area contributed by atoms with E-state index in [9.17, 15) is 4.79 Å². The van der Waals surface area contributed by atoms with Crippen LogP contribution >= 0.6 is 0 Å². The number of furan rings is 1. The van der Waals surface area contributed by atoms with Crippen LogP contribution in [0.2, 0.25) is 0 Å². The number of nitrogens with zero attached hydrogens (tertiary/aromatic N) is 1. The third kappa shape index (κ3) is 2.36. The molecule has 0 fully saturated rings. The molecule has 3 heteroatoms. The van der Waals surface area contributed by atoms with Crippen LogP contribution in [0.15, 0.2) is 71.1 Å². The SMILES string of the molecule is CC(=O)c1cc(C)cc2c1oc1c(-c3ccccc3)c3ccccc3nc12. The standard InChI is InChI=1S/C24H17NO2/c1-14-12-18(15(2)26)23-19(13-14)22-24(27-23)21(16-8-4-3-5-9-16)17-10-6-7-11-20(17)25-22/h3-13H,1-2H3. The van der Waals surface area contributed by atoms with Crippen LogP contribution in [0, 0.1) is 6.92 Å². The van der Waals surface area contributed by atoms with E-state index in [1.165, 1.54) is 0 Å². The Morgan fingerprint density at radius 3 is 2.41 bits per heavy atom. The second-order valence-electron chi connectivity index (χ2n) is 6.90. The molecule has 5 rings (SSSR count). The summed E-state index contributed by atoms with van der Waals surface area (Å²) in [5.74, 6) is -0.00595. The van der Waals surface area contributed by atoms with Gasteiger partial charge in [0.25, 0.3) is 0 Å². The van der Waals surface area contributed by atoms with Gasteiger partial charge in [-0.1, -0.05) is 48.5 Å². The van der Waals surface area contributed by atoms with E-state index in [4.69, 9.17) is 9.40 Å². The zero-order valence-electron chi connectivity index (χ0n) is 15.1. The van der Waals surface area contributed by atoms with Gasteiger partial charge in [0, 0.05) is 16.3 Å². The van der Waals surface area contributed by atoms with Crippen molar-refractivity contribution in [2.24, 2.45) is 0 Å². The smallest absolute Gasteiger partial charge is 0.163 e. The van der Waals surface area contributed by atoms with Crippen molar-refractivity contribution in [3.8, 4) is 11.1 Å². The number of Topliss-reactive ketones (excluding diaryl/α,β-unsaturated/α-hetero) is 1. The Morgan fingerprint density at radius 1 is 0.889 bits per heavy atom. The third-order valence-corrected chi connectivity index (χ3v) is 4.98. The highest BCUT2D eigenvalue weighted by atomic mass is 16.3. The first-order valence-electron chi connectivity index (χ1n) is 8.95. The van der Waals surface area contributed by atoms with Gasteiger partial charge in [-0.05, 0) is 43.2 Å². The van der Waals surface area contributed by atoms with Crippen molar-refractivity contribution < 1.29 is 9.21 Å². The molecular formula is C24H17NO2. The summed E-state index contributed by atoms with van der Waals surface area (Å²) in [6.07, 6.45) is 0. The molecule has 2 aromatic heterocycles. The Hall–Kier alpha value is -3.46. The van der Waals surface area contributed by atoms with Crippen LogP contribution in [-0.4, -0.2) is 10.8 Å². The number of rotatable bonds is 2. The summed E-state index contributed by atoms with van der Waals surface area (Å²) < 4.78 is 6.31. The maximum absolute atomic E-state index is 12.2. The van der Waals surface area contributed by atoms with Gasteiger partial charge in [-0.2, -0.15) is 0 Å². The Morgan fingerprint density at radius 2 is 1.63 bits per heavy atom. The third-order valence-electron chi connectivity index (χ3n) is 4.98. The second-order valence-corrected chi connectivity index (χ2v) is 6.90. The topological polar surface area (TPSA) is 43.1 Å². The summed E-state index contributed by atoms with van der Waals surface area (Å²) in [5, 5.41) is 1.93. The van der Waals surface area contributed by atoms with Crippen LogP contribution in [0.3, 0.4) is 0 Å². The molecule has 130 valence electrons. The Kier molecular flexibility index (Phi) is 3.37. The largest absolute Gasteiger partial charge is 0.453 e. The van der Waals surface area contributed by atoms with Crippen molar-refractivity contribution in [3.63, 3.8) is 0 Å². The molecule has 3 aromatic carbocycles. The molecule has 3 nitrogen and oxygen atoms in total. The van der Waals surface area contributed by atoms with Gasteiger partial charge in [0.1, 0.15) is 11.1 Å². The lowest BCUT2D eigenvalue weighted by atomic mass is 9.99. The molecule has 0 spiro atoms. The number of para-hydroxylation sites is 1. The van der Waals surface area contributed by atoms with E-state index in [1.807, 2.05) is 55.5 Å². The number of carbonyl (C=O) groups is 1. The van der Waals surface area contributed by atoms with E-state index in [2.05, 4.69) is 18.2 Å². The number of pyridine rings is 1. The molecule has 0 aliphatic heterocycles. The number of aromatic nitrogens is 1. The number of aryl methyl sites for hydroxylation is 1. The molecule has 0 N–H and O–H groups in total. The fourth-order valence-corrected chi connectivity index (χ4v) is 3.79. The number of benzene rings is 3. The molecule has 0 saturated heterocycles. The molecule has 0 atom stereocenters. The lowest BCUT2D eigenvalue weighted by Crippen LogP contribution is -1.93. The normalized spacial score (nSPS) is 11.5. The first-order valence-corrected chi connectivity index (χ1v) is 8.95. The number of carbonyl (C=O) groups excluding carboxylic acids is 1. The van der Waals surface area contributed by atoms with Gasteiger partial charge in [0.15, 0.2) is 11.4 Å². The molecule has 0 unspecified atom stereocenters. The van der Waals surface area contributed by atoms with Crippen molar-refractivity contribution in [2.45, 2.75) is 13.8 Å². The van der Waals surface area contributed by atoms with Crippen molar-refractivity contribution in [3.05, 3.63) is 77.9 Å². The van der Waals surface area contributed by atoms with E-state index in [-0.39, 0.29) is 5.78 Å². The minimum absolute atomic E-state index is 0.00595. The molecule has 0 aliphatic rings. The zero-order chi connectivity index (χ0) is 18.5. The van der Waals surface area contributed by atoms with E-state index in [0.717, 1.165) is 44.1 Å². The summed E-state index contributed by atoms with van der Waals surface area (Å²) in [7, 11) is 0. The van der Waals surface area contributed by atoms with E-state index in [1.54, 1.807) is 6.92 Å². The lowest BCUT2D eigenvalue weighted by Gasteiger charge is -2.07. The first-order chi connectivity index (χ1) is 13.1. The minimum atomic E-state index is -0.00595. The van der Waals surface area contributed by atoms with Crippen molar-refractivity contribution >= 4 is 38.8 Å². The fourth-order valence-electron chi connectivity index (χ4n) is 3.79. The highest BCUT2D eigenvalue weighted by Gasteiger charge is 2.20. The molecule has 0 amide bonds. The fraction of sp³-hybridized carbons (Fsp3) is 0.0833. The minimum Gasteiger partial charge on any atom is -0.453 e. The molecule has 5 aromatic rings. The van der Waals surface area contributed by atoms with Crippen LogP contribution < -0.4 is 0 Å². The number of hydrogen-bond donors (Lipinski definition) is 0. The molecule has 2 heterocycles.